The summed E-state index contributed by atoms with van der Waals surface area (Å²) in [5.41, 5.74) is -1.93. The van der Waals surface area contributed by atoms with Gasteiger partial charge in [0, 0.05) is 19.3 Å². The Balaban J connectivity index is 1.77. The van der Waals surface area contributed by atoms with E-state index in [4.69, 9.17) is 5.26 Å². The normalized spacial score (nSPS) is 21.3. The van der Waals surface area contributed by atoms with Gasteiger partial charge in [0.2, 0.25) is 5.91 Å². The van der Waals surface area contributed by atoms with E-state index in [9.17, 15) is 18.0 Å². The zero-order valence-corrected chi connectivity index (χ0v) is 13.6. The van der Waals surface area contributed by atoms with Crippen LogP contribution in [0.25, 0.3) is 0 Å². The van der Waals surface area contributed by atoms with Crippen LogP contribution in [0.2, 0.25) is 0 Å². The molecule has 3 rings (SSSR count). The Labute approximate surface area is 138 Å². The SMILES string of the molecule is CC(C)c1cnn(C2(CC#N)CN(C(=O)C3(C(F)(F)F)CC3)C2)c1. The minimum Gasteiger partial charge on any atom is -0.337 e. The molecule has 1 saturated heterocycles. The molecule has 1 aliphatic carbocycles. The summed E-state index contributed by atoms with van der Waals surface area (Å²) in [4.78, 5) is 13.5. The molecule has 1 aliphatic heterocycles. The highest BCUT2D eigenvalue weighted by Gasteiger charge is 2.70. The molecule has 2 aliphatic rings. The number of hydrogen-bond acceptors (Lipinski definition) is 3. The lowest BCUT2D eigenvalue weighted by Crippen LogP contribution is -2.66. The fourth-order valence-electron chi connectivity index (χ4n) is 3.23. The molecule has 2 heterocycles. The number of alkyl halides is 3. The highest BCUT2D eigenvalue weighted by Crippen LogP contribution is 2.59. The van der Waals surface area contributed by atoms with Gasteiger partial charge in [-0.2, -0.15) is 23.5 Å². The molecule has 1 amide bonds. The second-order valence-electron chi connectivity index (χ2n) is 7.17. The maximum atomic E-state index is 13.1. The van der Waals surface area contributed by atoms with Gasteiger partial charge >= 0.3 is 6.18 Å². The van der Waals surface area contributed by atoms with E-state index in [-0.39, 0.29) is 38.3 Å². The maximum absolute atomic E-state index is 13.1. The van der Waals surface area contributed by atoms with Crippen LogP contribution in [0.4, 0.5) is 13.2 Å². The average molecular weight is 340 g/mol. The molecule has 5 nitrogen and oxygen atoms in total. The van der Waals surface area contributed by atoms with Crippen LogP contribution in [0.5, 0.6) is 0 Å². The van der Waals surface area contributed by atoms with Gasteiger partial charge in [-0.25, -0.2) is 0 Å². The number of rotatable bonds is 4. The van der Waals surface area contributed by atoms with Gasteiger partial charge in [0.15, 0.2) is 0 Å². The van der Waals surface area contributed by atoms with E-state index in [1.165, 1.54) is 4.90 Å². The molecule has 1 aromatic rings. The van der Waals surface area contributed by atoms with Crippen molar-refractivity contribution in [3.05, 3.63) is 18.0 Å². The monoisotopic (exact) mass is 340 g/mol. The number of hydrogen-bond donors (Lipinski definition) is 0. The average Bonchev–Trinajstić information content (AvgIpc) is 3.13. The Morgan fingerprint density at radius 2 is 2.04 bits per heavy atom. The summed E-state index contributed by atoms with van der Waals surface area (Å²) in [7, 11) is 0. The minimum absolute atomic E-state index is 0.0937. The van der Waals surface area contributed by atoms with Crippen molar-refractivity contribution in [2.24, 2.45) is 5.41 Å². The van der Waals surface area contributed by atoms with Gasteiger partial charge < -0.3 is 4.90 Å². The Morgan fingerprint density at radius 1 is 1.42 bits per heavy atom. The van der Waals surface area contributed by atoms with Crippen LogP contribution in [0, 0.1) is 16.7 Å². The lowest BCUT2D eigenvalue weighted by atomic mass is 9.85. The van der Waals surface area contributed by atoms with Gasteiger partial charge in [0.05, 0.1) is 18.7 Å². The summed E-state index contributed by atoms with van der Waals surface area (Å²) >= 11 is 0. The number of carbonyl (C=O) groups excluding carboxylic acids is 1. The van der Waals surface area contributed by atoms with Crippen molar-refractivity contribution >= 4 is 5.91 Å². The van der Waals surface area contributed by atoms with Crippen molar-refractivity contribution in [1.29, 1.82) is 5.26 Å². The number of halogens is 3. The second-order valence-corrected chi connectivity index (χ2v) is 7.17. The molecule has 1 saturated carbocycles. The topological polar surface area (TPSA) is 61.9 Å². The number of likely N-dealkylation sites (tertiary alicyclic amines) is 1. The van der Waals surface area contributed by atoms with Crippen LogP contribution in [0.1, 0.15) is 44.6 Å². The van der Waals surface area contributed by atoms with Crippen molar-refractivity contribution in [1.82, 2.24) is 14.7 Å². The Kier molecular flexibility index (Phi) is 3.66. The summed E-state index contributed by atoms with van der Waals surface area (Å²) in [5, 5.41) is 13.4. The van der Waals surface area contributed by atoms with E-state index < -0.39 is 23.0 Å². The van der Waals surface area contributed by atoms with Crippen molar-refractivity contribution in [2.45, 2.75) is 50.7 Å². The van der Waals surface area contributed by atoms with Gasteiger partial charge in [0.25, 0.3) is 0 Å². The summed E-state index contributed by atoms with van der Waals surface area (Å²) in [6.45, 7) is 4.21. The standard InChI is InChI=1S/C16H19F3N4O/c1-11(2)12-7-21-23(8-12)14(5-6-20)9-22(10-14)13(24)15(3-4-15)16(17,18)19/h7-8,11H,3-5,9-10H2,1-2H3. The smallest absolute Gasteiger partial charge is 0.337 e. The van der Waals surface area contributed by atoms with Gasteiger partial charge in [-0.05, 0) is 24.3 Å². The van der Waals surface area contributed by atoms with Crippen LogP contribution in [-0.4, -0.2) is 39.9 Å². The Hall–Kier alpha value is -2.04. The molecule has 0 atom stereocenters. The van der Waals surface area contributed by atoms with E-state index in [1.807, 2.05) is 20.0 Å². The first-order valence-electron chi connectivity index (χ1n) is 7.93. The number of amides is 1. The third-order valence-corrected chi connectivity index (χ3v) is 5.12. The van der Waals surface area contributed by atoms with E-state index in [2.05, 4.69) is 11.2 Å². The maximum Gasteiger partial charge on any atom is 0.403 e. The third kappa shape index (κ3) is 2.38. The zero-order chi connectivity index (χ0) is 17.8. The van der Waals surface area contributed by atoms with Crippen molar-refractivity contribution in [3.8, 4) is 6.07 Å². The quantitative estimate of drug-likeness (QED) is 0.847. The molecule has 2 fully saturated rings. The summed E-state index contributed by atoms with van der Waals surface area (Å²) in [6, 6.07) is 2.07. The van der Waals surface area contributed by atoms with E-state index in [0.717, 1.165) is 5.56 Å². The first-order valence-corrected chi connectivity index (χ1v) is 7.93. The second kappa shape index (κ2) is 5.23. The van der Waals surface area contributed by atoms with Crippen molar-refractivity contribution in [3.63, 3.8) is 0 Å². The number of carbonyl (C=O) groups is 1. The Morgan fingerprint density at radius 3 is 2.46 bits per heavy atom. The van der Waals surface area contributed by atoms with Crippen LogP contribution in [-0.2, 0) is 10.3 Å². The predicted molar refractivity (Wildman–Crippen MR) is 78.8 cm³/mol. The van der Waals surface area contributed by atoms with Gasteiger partial charge in [-0.15, -0.1) is 0 Å². The van der Waals surface area contributed by atoms with Crippen LogP contribution in [0.3, 0.4) is 0 Å². The number of nitriles is 1. The van der Waals surface area contributed by atoms with E-state index in [1.54, 1.807) is 10.9 Å². The fraction of sp³-hybridized carbons (Fsp3) is 0.688. The molecule has 24 heavy (non-hydrogen) atoms. The minimum atomic E-state index is -4.51. The molecule has 0 N–H and O–H groups in total. The van der Waals surface area contributed by atoms with Crippen molar-refractivity contribution < 1.29 is 18.0 Å². The van der Waals surface area contributed by atoms with Crippen LogP contribution in [0.15, 0.2) is 12.4 Å². The van der Waals surface area contributed by atoms with Gasteiger partial charge in [-0.1, -0.05) is 13.8 Å². The van der Waals surface area contributed by atoms with E-state index in [0.29, 0.717) is 0 Å². The molecule has 0 unspecified atom stereocenters. The summed E-state index contributed by atoms with van der Waals surface area (Å²) in [5.74, 6) is -0.601. The zero-order valence-electron chi connectivity index (χ0n) is 13.6. The molecule has 130 valence electrons. The largest absolute Gasteiger partial charge is 0.403 e. The number of aromatic nitrogens is 2. The molecule has 0 aromatic carbocycles. The first-order chi connectivity index (χ1) is 11.2. The predicted octanol–water partition coefficient (Wildman–Crippen LogP) is 2.80. The fourth-order valence-corrected chi connectivity index (χ4v) is 3.23. The first kappa shape index (κ1) is 16.8. The van der Waals surface area contributed by atoms with Gasteiger partial charge in [-0.3, -0.25) is 9.48 Å². The molecular formula is C16H19F3N4O. The summed E-state index contributed by atoms with van der Waals surface area (Å²) < 4.78 is 41.0. The summed E-state index contributed by atoms with van der Waals surface area (Å²) in [6.07, 6.45) is -1.16. The molecule has 1 aromatic heterocycles. The van der Waals surface area contributed by atoms with Crippen molar-refractivity contribution in [2.75, 3.05) is 13.1 Å². The molecule has 0 radical (unpaired) electrons. The Bertz CT molecular complexity index is 691. The molecule has 0 bridgehead atoms. The lowest BCUT2D eigenvalue weighted by Gasteiger charge is -2.50. The van der Waals surface area contributed by atoms with Crippen LogP contribution < -0.4 is 0 Å². The molecule has 0 spiro atoms. The highest BCUT2D eigenvalue weighted by molar-refractivity contribution is 5.87. The molecular weight excluding hydrogens is 321 g/mol. The van der Waals surface area contributed by atoms with E-state index >= 15 is 0 Å². The highest BCUT2D eigenvalue weighted by atomic mass is 19.4. The molecule has 8 heteroatoms. The third-order valence-electron chi connectivity index (χ3n) is 5.12. The lowest BCUT2D eigenvalue weighted by molar-refractivity contribution is -0.204. The van der Waals surface area contributed by atoms with Gasteiger partial charge in [0.1, 0.15) is 11.0 Å². The van der Waals surface area contributed by atoms with Crippen LogP contribution >= 0.6 is 0 Å². The number of nitrogens with zero attached hydrogens (tertiary/aromatic N) is 4.